The molecular weight excluding hydrogens is 344 g/mol. The van der Waals surface area contributed by atoms with Crippen LogP contribution in [-0.2, 0) is 10.0 Å². The minimum Gasteiger partial charge on any atom is -0.232 e. The molecule has 1 heterocycles. The van der Waals surface area contributed by atoms with Crippen molar-refractivity contribution in [3.05, 3.63) is 71.7 Å². The number of hydrogen-bond acceptors (Lipinski definition) is 3. The van der Waals surface area contributed by atoms with Crippen LogP contribution in [0.3, 0.4) is 0 Å². The summed E-state index contributed by atoms with van der Waals surface area (Å²) in [6.45, 7) is 7.82. The lowest BCUT2D eigenvalue weighted by Gasteiger charge is -2.14. The molecule has 0 aliphatic carbocycles. The maximum absolute atomic E-state index is 13.4. The minimum absolute atomic E-state index is 0.0337. The van der Waals surface area contributed by atoms with E-state index >= 15 is 0 Å². The lowest BCUT2D eigenvalue weighted by Crippen LogP contribution is -2.18. The van der Waals surface area contributed by atoms with Gasteiger partial charge in [-0.2, -0.15) is 0 Å². The lowest BCUT2D eigenvalue weighted by atomic mass is 10.1. The molecule has 1 aromatic heterocycles. The van der Waals surface area contributed by atoms with Crippen molar-refractivity contribution in [2.45, 2.75) is 44.9 Å². The number of imidazole rings is 1. The van der Waals surface area contributed by atoms with Gasteiger partial charge in [-0.1, -0.05) is 61.9 Å². The molecule has 3 aromatic rings. The van der Waals surface area contributed by atoms with Crippen molar-refractivity contribution in [3.63, 3.8) is 0 Å². The van der Waals surface area contributed by atoms with Gasteiger partial charge >= 0.3 is 0 Å². The van der Waals surface area contributed by atoms with Gasteiger partial charge in [-0.25, -0.2) is 17.4 Å². The van der Waals surface area contributed by atoms with Crippen molar-refractivity contribution < 1.29 is 8.42 Å². The highest BCUT2D eigenvalue weighted by atomic mass is 32.2. The fourth-order valence-corrected chi connectivity index (χ4v) is 4.60. The molecule has 0 fully saturated rings. The van der Waals surface area contributed by atoms with Crippen molar-refractivity contribution in [3.8, 4) is 11.3 Å². The van der Waals surface area contributed by atoms with E-state index in [9.17, 15) is 8.42 Å². The summed E-state index contributed by atoms with van der Waals surface area (Å²) in [6, 6.07) is 16.7. The molecule has 0 saturated carbocycles. The Bertz CT molecular complexity index is 1000. The molecule has 4 nitrogen and oxygen atoms in total. The first-order chi connectivity index (χ1) is 12.4. The third kappa shape index (κ3) is 3.19. The second-order valence-corrected chi connectivity index (χ2v) is 8.45. The first kappa shape index (κ1) is 18.4. The Balaban J connectivity index is 2.25. The summed E-state index contributed by atoms with van der Waals surface area (Å²) in [5.41, 5.74) is 3.31. The molecule has 26 heavy (non-hydrogen) atoms. The fraction of sp³-hybridized carbons (Fsp3) is 0.286. The Labute approximate surface area is 155 Å². The van der Waals surface area contributed by atoms with E-state index in [-0.39, 0.29) is 10.8 Å². The second-order valence-electron chi connectivity index (χ2n) is 6.66. The fourth-order valence-electron chi connectivity index (χ4n) is 2.99. The van der Waals surface area contributed by atoms with Gasteiger partial charge in [-0.3, -0.25) is 0 Å². The number of aromatic nitrogens is 2. The van der Waals surface area contributed by atoms with Gasteiger partial charge in [0.05, 0.1) is 16.3 Å². The van der Waals surface area contributed by atoms with Crippen molar-refractivity contribution in [1.29, 1.82) is 0 Å². The van der Waals surface area contributed by atoms with E-state index in [2.05, 4.69) is 0 Å². The number of benzene rings is 2. The second kappa shape index (κ2) is 7.08. The van der Waals surface area contributed by atoms with E-state index in [0.29, 0.717) is 11.5 Å². The van der Waals surface area contributed by atoms with Crippen LogP contribution in [0.2, 0.25) is 0 Å². The maximum Gasteiger partial charge on any atom is 0.269 e. The molecule has 0 spiro atoms. The van der Waals surface area contributed by atoms with E-state index < -0.39 is 10.0 Å². The van der Waals surface area contributed by atoms with Gasteiger partial charge < -0.3 is 0 Å². The zero-order valence-electron chi connectivity index (χ0n) is 15.6. The van der Waals surface area contributed by atoms with Gasteiger partial charge in [0.2, 0.25) is 0 Å². The van der Waals surface area contributed by atoms with E-state index in [0.717, 1.165) is 23.2 Å². The summed E-state index contributed by atoms with van der Waals surface area (Å²) < 4.78 is 28.2. The van der Waals surface area contributed by atoms with Crippen molar-refractivity contribution in [2.75, 3.05) is 0 Å². The summed E-state index contributed by atoms with van der Waals surface area (Å²) in [5.74, 6) is 0.621. The van der Waals surface area contributed by atoms with E-state index in [1.165, 1.54) is 3.97 Å². The van der Waals surface area contributed by atoms with Crippen LogP contribution in [0.1, 0.15) is 43.3 Å². The Kier molecular flexibility index (Phi) is 5.01. The van der Waals surface area contributed by atoms with Crippen LogP contribution in [0.25, 0.3) is 11.3 Å². The van der Waals surface area contributed by atoms with Gasteiger partial charge in [0.25, 0.3) is 10.0 Å². The van der Waals surface area contributed by atoms with Gasteiger partial charge in [0.15, 0.2) is 0 Å². The van der Waals surface area contributed by atoms with Crippen molar-refractivity contribution in [2.24, 2.45) is 0 Å². The van der Waals surface area contributed by atoms with Crippen molar-refractivity contribution >= 4 is 10.0 Å². The molecule has 0 bridgehead atoms. The Morgan fingerprint density at radius 3 is 2.19 bits per heavy atom. The Morgan fingerprint density at radius 1 is 1.00 bits per heavy atom. The zero-order chi connectivity index (χ0) is 18.9. The van der Waals surface area contributed by atoms with Crippen molar-refractivity contribution in [1.82, 2.24) is 8.96 Å². The van der Waals surface area contributed by atoms with Crippen LogP contribution < -0.4 is 0 Å². The number of rotatable bonds is 5. The van der Waals surface area contributed by atoms with Crippen LogP contribution in [0.15, 0.2) is 59.5 Å². The molecule has 5 heteroatoms. The lowest BCUT2D eigenvalue weighted by molar-refractivity contribution is 0.576. The number of nitrogens with zero attached hydrogens (tertiary/aromatic N) is 2. The van der Waals surface area contributed by atoms with Crippen LogP contribution >= 0.6 is 0 Å². The molecule has 136 valence electrons. The van der Waals surface area contributed by atoms with Crippen LogP contribution in [-0.4, -0.2) is 17.4 Å². The molecule has 1 atom stereocenters. The third-order valence-corrected chi connectivity index (χ3v) is 6.55. The highest BCUT2D eigenvalue weighted by Gasteiger charge is 2.28. The Hall–Kier alpha value is -2.40. The third-order valence-electron chi connectivity index (χ3n) is 4.74. The average Bonchev–Trinajstić information content (AvgIpc) is 3.00. The molecule has 1 unspecified atom stereocenters. The molecule has 0 N–H and O–H groups in total. The van der Waals surface area contributed by atoms with Gasteiger partial charge in [-0.15, -0.1) is 0 Å². The summed E-state index contributed by atoms with van der Waals surface area (Å²) in [4.78, 5) is 5.03. The predicted molar refractivity (Wildman–Crippen MR) is 105 cm³/mol. The number of hydrogen-bond donors (Lipinski definition) is 0. The van der Waals surface area contributed by atoms with E-state index in [1.54, 1.807) is 12.1 Å². The molecule has 0 saturated heterocycles. The highest BCUT2D eigenvalue weighted by Crippen LogP contribution is 2.31. The largest absolute Gasteiger partial charge is 0.269 e. The molecule has 2 aromatic carbocycles. The molecule has 0 aliphatic heterocycles. The summed E-state index contributed by atoms with van der Waals surface area (Å²) in [5, 5.41) is 0. The molecule has 3 rings (SSSR count). The Morgan fingerprint density at radius 2 is 1.62 bits per heavy atom. The average molecular weight is 369 g/mol. The molecular formula is C21H24N2O2S. The van der Waals surface area contributed by atoms with Crippen LogP contribution in [0.4, 0.5) is 0 Å². The van der Waals surface area contributed by atoms with Crippen LogP contribution in [0, 0.1) is 13.8 Å². The molecule has 0 radical (unpaired) electrons. The SMILES string of the molecule is CCC(C)c1nc(-c2ccccc2)c(C)n1S(=O)(=O)c1ccc(C)cc1. The zero-order valence-corrected chi connectivity index (χ0v) is 16.4. The quantitative estimate of drug-likeness (QED) is 0.642. The molecule has 0 aliphatic rings. The molecule has 0 amide bonds. The topological polar surface area (TPSA) is 52.0 Å². The van der Waals surface area contributed by atoms with E-state index in [1.807, 2.05) is 70.2 Å². The van der Waals surface area contributed by atoms with Gasteiger partial charge in [0.1, 0.15) is 5.82 Å². The standard InChI is InChI=1S/C21H24N2O2S/c1-5-16(3)21-22-20(18-9-7-6-8-10-18)17(4)23(21)26(24,25)19-13-11-15(2)12-14-19/h6-14,16H,5H2,1-4H3. The predicted octanol–water partition coefficient (Wildman–Crippen LogP) is 4.92. The first-order valence-electron chi connectivity index (χ1n) is 8.83. The summed E-state index contributed by atoms with van der Waals surface area (Å²) in [6.07, 6.45) is 0.814. The maximum atomic E-state index is 13.4. The first-order valence-corrected chi connectivity index (χ1v) is 10.3. The number of aryl methyl sites for hydroxylation is 1. The van der Waals surface area contributed by atoms with E-state index in [4.69, 9.17) is 4.98 Å². The van der Waals surface area contributed by atoms with Gasteiger partial charge in [-0.05, 0) is 32.4 Å². The van der Waals surface area contributed by atoms with Gasteiger partial charge in [0, 0.05) is 11.5 Å². The monoisotopic (exact) mass is 368 g/mol. The minimum atomic E-state index is -3.71. The summed E-state index contributed by atoms with van der Waals surface area (Å²) in [7, 11) is -3.71. The van der Waals surface area contributed by atoms with Crippen LogP contribution in [0.5, 0.6) is 0 Å². The highest BCUT2D eigenvalue weighted by molar-refractivity contribution is 7.90. The smallest absolute Gasteiger partial charge is 0.232 e. The summed E-state index contributed by atoms with van der Waals surface area (Å²) >= 11 is 0. The normalized spacial score (nSPS) is 12.9.